The Bertz CT molecular complexity index is 543. The molecule has 1 aromatic heterocycles. The van der Waals surface area contributed by atoms with Gasteiger partial charge in [-0.15, -0.1) is 0 Å². The quantitative estimate of drug-likeness (QED) is 0.842. The second-order valence-electron chi connectivity index (χ2n) is 5.24. The highest BCUT2D eigenvalue weighted by Gasteiger charge is 2.09. The zero-order valence-corrected chi connectivity index (χ0v) is 11.5. The van der Waals surface area contributed by atoms with Gasteiger partial charge in [0.1, 0.15) is 0 Å². The van der Waals surface area contributed by atoms with E-state index in [1.807, 2.05) is 6.33 Å². The van der Waals surface area contributed by atoms with E-state index in [1.165, 1.54) is 17.5 Å². The lowest BCUT2D eigenvalue weighted by Gasteiger charge is -2.26. The third kappa shape index (κ3) is 2.96. The molecule has 1 fully saturated rings. The first-order valence-electron chi connectivity index (χ1n) is 7.04. The van der Waals surface area contributed by atoms with Gasteiger partial charge < -0.3 is 9.30 Å². The highest BCUT2D eigenvalue weighted by atomic mass is 16.5. The Balaban J connectivity index is 1.59. The molecule has 1 saturated heterocycles. The topological polar surface area (TPSA) is 30.3 Å². The van der Waals surface area contributed by atoms with E-state index < -0.39 is 0 Å². The zero-order valence-electron chi connectivity index (χ0n) is 11.5. The van der Waals surface area contributed by atoms with Gasteiger partial charge in [0.25, 0.3) is 0 Å². The minimum Gasteiger partial charge on any atom is -0.379 e. The maximum absolute atomic E-state index is 5.36. The fourth-order valence-electron chi connectivity index (χ4n) is 2.64. The molecule has 0 saturated carbocycles. The van der Waals surface area contributed by atoms with Crippen LogP contribution >= 0.6 is 0 Å². The van der Waals surface area contributed by atoms with E-state index in [-0.39, 0.29) is 0 Å². The molecule has 0 bridgehead atoms. The van der Waals surface area contributed by atoms with Crippen LogP contribution in [0.3, 0.4) is 0 Å². The molecule has 0 unspecified atom stereocenters. The molecule has 2 aromatic rings. The molecule has 1 aromatic carbocycles. The molecule has 4 nitrogen and oxygen atoms in total. The summed E-state index contributed by atoms with van der Waals surface area (Å²) in [7, 11) is 0. The number of fused-ring (bicyclic) bond motifs is 1. The lowest BCUT2D eigenvalue weighted by molar-refractivity contribution is 0.0369. The van der Waals surface area contributed by atoms with Crippen LogP contribution in [0.1, 0.15) is 12.0 Å². The van der Waals surface area contributed by atoms with Crippen LogP contribution < -0.4 is 0 Å². The van der Waals surface area contributed by atoms with Gasteiger partial charge in [-0.05, 0) is 31.0 Å². The third-order valence-corrected chi connectivity index (χ3v) is 3.75. The number of ether oxygens (including phenoxy) is 1. The van der Waals surface area contributed by atoms with Gasteiger partial charge in [-0.2, -0.15) is 0 Å². The van der Waals surface area contributed by atoms with Gasteiger partial charge in [-0.1, -0.05) is 6.07 Å². The maximum atomic E-state index is 5.36. The van der Waals surface area contributed by atoms with Crippen molar-refractivity contribution >= 4 is 11.0 Å². The van der Waals surface area contributed by atoms with Crippen molar-refractivity contribution in [3.8, 4) is 0 Å². The van der Waals surface area contributed by atoms with Crippen molar-refractivity contribution in [2.45, 2.75) is 19.9 Å². The fraction of sp³-hybridized carbons (Fsp3) is 0.533. The summed E-state index contributed by atoms with van der Waals surface area (Å²) in [5.74, 6) is 0. The SMILES string of the molecule is Cc1ccc2c(c1)ncn2CCCN1CCOCC1. The second kappa shape index (κ2) is 5.72. The number of aromatic nitrogens is 2. The van der Waals surface area contributed by atoms with Crippen LogP contribution in [0.4, 0.5) is 0 Å². The molecule has 0 radical (unpaired) electrons. The van der Waals surface area contributed by atoms with E-state index >= 15 is 0 Å². The van der Waals surface area contributed by atoms with E-state index in [4.69, 9.17) is 4.74 Å². The van der Waals surface area contributed by atoms with Gasteiger partial charge >= 0.3 is 0 Å². The number of nitrogens with zero attached hydrogens (tertiary/aromatic N) is 3. The Hall–Kier alpha value is -1.39. The fourth-order valence-corrected chi connectivity index (χ4v) is 2.64. The molecule has 1 aliphatic rings. The van der Waals surface area contributed by atoms with Crippen LogP contribution in [0, 0.1) is 6.92 Å². The molecule has 2 heterocycles. The number of hydrogen-bond donors (Lipinski definition) is 0. The summed E-state index contributed by atoms with van der Waals surface area (Å²) in [6, 6.07) is 6.47. The largest absolute Gasteiger partial charge is 0.379 e. The van der Waals surface area contributed by atoms with Gasteiger partial charge in [-0.3, -0.25) is 4.90 Å². The van der Waals surface area contributed by atoms with Gasteiger partial charge in [0.05, 0.1) is 30.6 Å². The average Bonchev–Trinajstić information content (AvgIpc) is 2.82. The molecule has 0 spiro atoms. The van der Waals surface area contributed by atoms with Crippen LogP contribution in [0.5, 0.6) is 0 Å². The number of morpholine rings is 1. The maximum Gasteiger partial charge on any atom is 0.0958 e. The van der Waals surface area contributed by atoms with E-state index in [1.54, 1.807) is 0 Å². The minimum atomic E-state index is 0.882. The zero-order chi connectivity index (χ0) is 13.1. The van der Waals surface area contributed by atoms with Crippen molar-refractivity contribution in [1.29, 1.82) is 0 Å². The van der Waals surface area contributed by atoms with Crippen LogP contribution in [-0.4, -0.2) is 47.3 Å². The van der Waals surface area contributed by atoms with Crippen LogP contribution in [0.2, 0.25) is 0 Å². The Morgan fingerprint density at radius 2 is 2.05 bits per heavy atom. The highest BCUT2D eigenvalue weighted by Crippen LogP contribution is 2.15. The van der Waals surface area contributed by atoms with E-state index in [9.17, 15) is 0 Å². The van der Waals surface area contributed by atoms with Gasteiger partial charge in [0, 0.05) is 26.2 Å². The summed E-state index contributed by atoms with van der Waals surface area (Å²) in [5, 5.41) is 0. The van der Waals surface area contributed by atoms with Crippen molar-refractivity contribution in [2.75, 3.05) is 32.8 Å². The van der Waals surface area contributed by atoms with Gasteiger partial charge in [0.15, 0.2) is 0 Å². The minimum absolute atomic E-state index is 0.882. The van der Waals surface area contributed by atoms with Crippen LogP contribution in [0.15, 0.2) is 24.5 Å². The Morgan fingerprint density at radius 3 is 2.89 bits per heavy atom. The highest BCUT2D eigenvalue weighted by molar-refractivity contribution is 5.75. The smallest absolute Gasteiger partial charge is 0.0958 e. The number of benzene rings is 1. The lowest BCUT2D eigenvalue weighted by Crippen LogP contribution is -2.37. The van der Waals surface area contributed by atoms with Crippen molar-refractivity contribution in [3.63, 3.8) is 0 Å². The van der Waals surface area contributed by atoms with Gasteiger partial charge in [0.2, 0.25) is 0 Å². The molecular weight excluding hydrogens is 238 g/mol. The number of imidazole rings is 1. The average molecular weight is 259 g/mol. The monoisotopic (exact) mass is 259 g/mol. The van der Waals surface area contributed by atoms with Crippen LogP contribution in [0.25, 0.3) is 11.0 Å². The molecule has 102 valence electrons. The molecular formula is C15H21N3O. The summed E-state index contributed by atoms with van der Waals surface area (Å²) >= 11 is 0. The first-order chi connectivity index (χ1) is 9.33. The number of aryl methyl sites for hydroxylation is 2. The van der Waals surface area contributed by atoms with E-state index in [2.05, 4.69) is 39.6 Å². The molecule has 4 heteroatoms. The summed E-state index contributed by atoms with van der Waals surface area (Å²) in [5.41, 5.74) is 3.62. The Kier molecular flexibility index (Phi) is 3.80. The standard InChI is InChI=1S/C15H21N3O/c1-13-3-4-15-14(11-13)16-12-18(15)6-2-5-17-7-9-19-10-8-17/h3-4,11-12H,2,5-10H2,1H3. The molecule has 1 aliphatic heterocycles. The summed E-state index contributed by atoms with van der Waals surface area (Å²) in [6.07, 6.45) is 3.13. The molecule has 19 heavy (non-hydrogen) atoms. The normalized spacial score (nSPS) is 17.1. The van der Waals surface area contributed by atoms with Gasteiger partial charge in [-0.25, -0.2) is 4.98 Å². The summed E-state index contributed by atoms with van der Waals surface area (Å²) < 4.78 is 7.62. The Morgan fingerprint density at radius 1 is 1.21 bits per heavy atom. The first kappa shape index (κ1) is 12.6. The predicted molar refractivity (Wildman–Crippen MR) is 76.3 cm³/mol. The van der Waals surface area contributed by atoms with E-state index in [0.29, 0.717) is 0 Å². The van der Waals surface area contributed by atoms with Crippen molar-refractivity contribution in [2.24, 2.45) is 0 Å². The molecule has 0 atom stereocenters. The van der Waals surface area contributed by atoms with Crippen LogP contribution in [-0.2, 0) is 11.3 Å². The van der Waals surface area contributed by atoms with Crippen molar-refractivity contribution in [1.82, 2.24) is 14.5 Å². The molecule has 0 N–H and O–H groups in total. The Labute approximate surface area is 114 Å². The predicted octanol–water partition coefficient (Wildman–Crippen LogP) is 2.07. The van der Waals surface area contributed by atoms with E-state index in [0.717, 1.165) is 44.9 Å². The van der Waals surface area contributed by atoms with Crippen molar-refractivity contribution < 1.29 is 4.74 Å². The molecule has 0 amide bonds. The summed E-state index contributed by atoms with van der Waals surface area (Å²) in [6.45, 7) is 8.21. The first-order valence-corrected chi connectivity index (χ1v) is 7.04. The molecule has 0 aliphatic carbocycles. The van der Waals surface area contributed by atoms with Crippen molar-refractivity contribution in [3.05, 3.63) is 30.1 Å². The lowest BCUT2D eigenvalue weighted by atomic mass is 10.2. The molecule has 3 rings (SSSR count). The third-order valence-electron chi connectivity index (χ3n) is 3.75. The number of rotatable bonds is 4. The number of hydrogen-bond acceptors (Lipinski definition) is 3. The second-order valence-corrected chi connectivity index (χ2v) is 5.24. The summed E-state index contributed by atoms with van der Waals surface area (Å²) in [4.78, 5) is 6.95.